The Balaban J connectivity index is 0.000000853. The molecule has 3 fully saturated rings. The van der Waals surface area contributed by atoms with E-state index in [1.165, 1.54) is 45.6 Å². The molecule has 0 bridgehead atoms. The fraction of sp³-hybridized carbons (Fsp3) is 1.00. The van der Waals surface area contributed by atoms with Crippen LogP contribution in [-0.4, -0.2) is 50.7 Å². The van der Waals surface area contributed by atoms with E-state index < -0.39 is 0 Å². The van der Waals surface area contributed by atoms with E-state index >= 15 is 0 Å². The molecule has 80 valence electrons. The number of likely N-dealkylation sites (tertiary alicyclic amines) is 1. The second-order valence-electron chi connectivity index (χ2n) is 5.37. The normalized spacial score (nSPS) is 36.8. The summed E-state index contributed by atoms with van der Waals surface area (Å²) in [5.74, 6) is 0.888. The van der Waals surface area contributed by atoms with E-state index in [1.807, 2.05) is 0 Å². The van der Waals surface area contributed by atoms with E-state index in [0.29, 0.717) is 5.41 Å². The van der Waals surface area contributed by atoms with Gasteiger partial charge in [-0.2, -0.15) is 0 Å². The number of nitrogens with zero attached hydrogens (tertiary/aromatic N) is 2. The van der Waals surface area contributed by atoms with Crippen molar-refractivity contribution in [1.29, 1.82) is 0 Å². The zero-order valence-electron chi connectivity index (χ0n) is 9.84. The molecule has 3 rings (SSSR count). The molecule has 1 N–H and O–H groups in total. The molecule has 15 heavy (non-hydrogen) atoms. The third kappa shape index (κ3) is 2.85. The van der Waals surface area contributed by atoms with Crippen LogP contribution in [0.2, 0.25) is 0 Å². The molecule has 1 atom stereocenters. The first-order valence-electron chi connectivity index (χ1n) is 5.93. The van der Waals surface area contributed by atoms with Crippen molar-refractivity contribution in [2.75, 3.05) is 45.8 Å². The van der Waals surface area contributed by atoms with Gasteiger partial charge in [0.25, 0.3) is 0 Å². The van der Waals surface area contributed by atoms with E-state index in [2.05, 4.69) is 15.5 Å². The monoisotopic (exact) mass is 233 g/mol. The van der Waals surface area contributed by atoms with E-state index in [4.69, 9.17) is 0 Å². The summed E-state index contributed by atoms with van der Waals surface area (Å²) in [7, 11) is 0. The van der Waals surface area contributed by atoms with Crippen molar-refractivity contribution in [2.45, 2.75) is 12.8 Å². The van der Waals surface area contributed by atoms with Crippen molar-refractivity contribution >= 4 is 0 Å². The Morgan fingerprint density at radius 3 is 2.80 bits per heavy atom. The topological polar surface area (TPSA) is 29.4 Å². The van der Waals surface area contributed by atoms with Gasteiger partial charge < -0.3 is 15.5 Å². The molecule has 0 aromatic rings. The standard InChI is InChI=1S/C11H20N3.K/c1-3-12-8-11(1)2-4-14(9-11)7-10-5-13-6-10;/h10,12H,1-9H2;/q-1;+1. The van der Waals surface area contributed by atoms with Crippen LogP contribution < -0.4 is 56.7 Å². The first-order chi connectivity index (χ1) is 6.86. The molecular weight excluding hydrogens is 213 g/mol. The van der Waals surface area contributed by atoms with Crippen LogP contribution in [0.5, 0.6) is 0 Å². The summed E-state index contributed by atoms with van der Waals surface area (Å²) in [6.45, 7) is 8.74. The molecule has 0 aromatic heterocycles. The molecule has 1 unspecified atom stereocenters. The molecule has 0 aliphatic carbocycles. The maximum Gasteiger partial charge on any atom is 1.00 e. The Morgan fingerprint density at radius 2 is 2.20 bits per heavy atom. The molecule has 3 aliphatic heterocycles. The van der Waals surface area contributed by atoms with Crippen molar-refractivity contribution in [3.8, 4) is 0 Å². The molecule has 3 nitrogen and oxygen atoms in total. The van der Waals surface area contributed by atoms with Crippen LogP contribution >= 0.6 is 0 Å². The van der Waals surface area contributed by atoms with Crippen LogP contribution in [-0.2, 0) is 0 Å². The average Bonchev–Trinajstić information content (AvgIpc) is 2.71. The second kappa shape index (κ2) is 5.44. The smallest absolute Gasteiger partial charge is 0.662 e. The number of nitrogens with one attached hydrogen (secondary N) is 1. The summed E-state index contributed by atoms with van der Waals surface area (Å²) in [5, 5.41) is 7.80. The number of rotatable bonds is 2. The fourth-order valence-electron chi connectivity index (χ4n) is 3.12. The van der Waals surface area contributed by atoms with Crippen molar-refractivity contribution in [3.63, 3.8) is 0 Å². The van der Waals surface area contributed by atoms with Gasteiger partial charge in [-0.1, -0.05) is 5.92 Å². The molecular formula is C11H20KN3. The molecule has 3 saturated heterocycles. The Hall–Kier alpha value is 1.52. The van der Waals surface area contributed by atoms with E-state index in [-0.39, 0.29) is 51.4 Å². The van der Waals surface area contributed by atoms with Crippen LogP contribution in [0.1, 0.15) is 12.8 Å². The van der Waals surface area contributed by atoms with E-state index in [0.717, 1.165) is 19.0 Å². The first-order valence-corrected chi connectivity index (χ1v) is 5.93. The Morgan fingerprint density at radius 1 is 1.33 bits per heavy atom. The molecule has 3 aliphatic rings. The van der Waals surface area contributed by atoms with Gasteiger partial charge in [-0.3, -0.25) is 0 Å². The minimum absolute atomic E-state index is 0. The van der Waals surface area contributed by atoms with Gasteiger partial charge in [-0.25, -0.2) is 0 Å². The third-order valence-electron chi connectivity index (χ3n) is 4.14. The summed E-state index contributed by atoms with van der Waals surface area (Å²) in [6, 6.07) is 0. The quantitative estimate of drug-likeness (QED) is 0.543. The minimum Gasteiger partial charge on any atom is -0.662 e. The Kier molecular flexibility index (Phi) is 4.70. The third-order valence-corrected chi connectivity index (χ3v) is 4.14. The maximum absolute atomic E-state index is 4.29. The fourth-order valence-corrected chi connectivity index (χ4v) is 3.12. The molecule has 4 heteroatoms. The number of hydrogen-bond donors (Lipinski definition) is 1. The molecule has 0 aromatic carbocycles. The van der Waals surface area contributed by atoms with Crippen LogP contribution in [0.3, 0.4) is 0 Å². The summed E-state index contributed by atoms with van der Waals surface area (Å²) in [4.78, 5) is 2.67. The van der Waals surface area contributed by atoms with Crippen molar-refractivity contribution < 1.29 is 51.4 Å². The van der Waals surface area contributed by atoms with Crippen LogP contribution in [0.15, 0.2) is 0 Å². The minimum atomic E-state index is 0. The molecule has 0 radical (unpaired) electrons. The van der Waals surface area contributed by atoms with Gasteiger partial charge in [0.05, 0.1) is 0 Å². The molecule has 0 saturated carbocycles. The van der Waals surface area contributed by atoms with Gasteiger partial charge in [0, 0.05) is 13.1 Å². The van der Waals surface area contributed by atoms with Gasteiger partial charge in [-0.05, 0) is 37.9 Å². The van der Waals surface area contributed by atoms with Gasteiger partial charge in [0.1, 0.15) is 0 Å². The Bertz CT molecular complexity index is 212. The predicted molar refractivity (Wildman–Crippen MR) is 57.6 cm³/mol. The van der Waals surface area contributed by atoms with Crippen molar-refractivity contribution in [3.05, 3.63) is 5.32 Å². The van der Waals surface area contributed by atoms with Gasteiger partial charge >= 0.3 is 51.4 Å². The van der Waals surface area contributed by atoms with Crippen LogP contribution in [0, 0.1) is 11.3 Å². The molecule has 0 amide bonds. The van der Waals surface area contributed by atoms with Gasteiger partial charge in [0.15, 0.2) is 0 Å². The van der Waals surface area contributed by atoms with E-state index in [9.17, 15) is 0 Å². The zero-order chi connectivity index (χ0) is 9.43. The predicted octanol–water partition coefficient (Wildman–Crippen LogP) is -2.32. The SMILES string of the molecule is C1CC2(CCN(CC3C[N-]C3)C2)CN1.[K+]. The van der Waals surface area contributed by atoms with Crippen LogP contribution in [0.4, 0.5) is 0 Å². The average molecular weight is 233 g/mol. The van der Waals surface area contributed by atoms with Gasteiger partial charge in [0.2, 0.25) is 0 Å². The summed E-state index contributed by atoms with van der Waals surface area (Å²) in [6.07, 6.45) is 2.82. The second-order valence-corrected chi connectivity index (χ2v) is 5.37. The summed E-state index contributed by atoms with van der Waals surface area (Å²) < 4.78 is 0. The van der Waals surface area contributed by atoms with Gasteiger partial charge in [-0.15, -0.1) is 13.1 Å². The van der Waals surface area contributed by atoms with Crippen molar-refractivity contribution in [2.24, 2.45) is 11.3 Å². The van der Waals surface area contributed by atoms with Crippen LogP contribution in [0.25, 0.3) is 5.32 Å². The van der Waals surface area contributed by atoms with Crippen molar-refractivity contribution in [1.82, 2.24) is 10.2 Å². The summed E-state index contributed by atoms with van der Waals surface area (Å²) in [5.41, 5.74) is 0.654. The first kappa shape index (κ1) is 13.0. The molecule has 1 spiro atoms. The maximum atomic E-state index is 4.29. The number of hydrogen-bond acceptors (Lipinski definition) is 2. The largest absolute Gasteiger partial charge is 1.00 e. The zero-order valence-corrected chi connectivity index (χ0v) is 13.0. The van der Waals surface area contributed by atoms with E-state index in [1.54, 1.807) is 0 Å². The molecule has 3 heterocycles. The summed E-state index contributed by atoms with van der Waals surface area (Å²) >= 11 is 0. The Labute approximate surface area is 135 Å².